The Labute approximate surface area is 105 Å². The third-order valence-electron chi connectivity index (χ3n) is 3.15. The normalized spacial score (nSPS) is 23.6. The quantitative estimate of drug-likeness (QED) is 0.857. The van der Waals surface area contributed by atoms with Gasteiger partial charge in [-0.15, -0.1) is 0 Å². The molecule has 0 saturated heterocycles. The van der Waals surface area contributed by atoms with Gasteiger partial charge in [0.1, 0.15) is 0 Å². The number of nitrogens with zero attached hydrogens (tertiary/aromatic N) is 1. The number of nitrogens with one attached hydrogen (secondary N) is 1. The average molecular weight is 251 g/mol. The van der Waals surface area contributed by atoms with Crippen molar-refractivity contribution in [1.82, 2.24) is 10.3 Å². The van der Waals surface area contributed by atoms with Crippen LogP contribution in [0.3, 0.4) is 0 Å². The number of amides is 1. The predicted octanol–water partition coefficient (Wildman–Crippen LogP) is 1.68. The van der Waals surface area contributed by atoms with Crippen LogP contribution in [-0.4, -0.2) is 28.4 Å². The van der Waals surface area contributed by atoms with E-state index in [0.29, 0.717) is 16.5 Å². The molecule has 1 amide bonds. The van der Waals surface area contributed by atoms with Gasteiger partial charge >= 0.3 is 0 Å². The standard InChI is InChI=1S/C12H17N3OS/c1-17-9-3-2-8(6-9)15-12(16)10-4-5-14-7-11(10)13/h4-5,7-9H,2-3,6,13H2,1H3,(H,15,16). The molecule has 17 heavy (non-hydrogen) atoms. The maximum atomic E-state index is 12.0. The molecule has 0 bridgehead atoms. The number of carbonyl (C=O) groups is 1. The van der Waals surface area contributed by atoms with Gasteiger partial charge in [-0.25, -0.2) is 0 Å². The number of nitrogens with two attached hydrogens (primary N) is 1. The summed E-state index contributed by atoms with van der Waals surface area (Å²) in [7, 11) is 0. The van der Waals surface area contributed by atoms with Crippen molar-refractivity contribution in [3.05, 3.63) is 24.0 Å². The molecule has 0 aromatic carbocycles. The average Bonchev–Trinajstić information content (AvgIpc) is 2.77. The summed E-state index contributed by atoms with van der Waals surface area (Å²) >= 11 is 1.88. The molecule has 1 saturated carbocycles. The fourth-order valence-corrected chi connectivity index (χ4v) is 2.96. The Morgan fingerprint density at radius 3 is 3.06 bits per heavy atom. The van der Waals surface area contributed by atoms with E-state index in [1.165, 1.54) is 12.6 Å². The predicted molar refractivity (Wildman–Crippen MR) is 71.1 cm³/mol. The van der Waals surface area contributed by atoms with Crippen molar-refractivity contribution in [2.75, 3.05) is 12.0 Å². The SMILES string of the molecule is CSC1CCC(NC(=O)c2ccncc2N)C1. The maximum Gasteiger partial charge on any atom is 0.253 e. The highest BCUT2D eigenvalue weighted by molar-refractivity contribution is 7.99. The van der Waals surface area contributed by atoms with Gasteiger partial charge in [0, 0.05) is 17.5 Å². The second-order valence-corrected chi connectivity index (χ2v) is 5.44. The van der Waals surface area contributed by atoms with E-state index >= 15 is 0 Å². The first-order valence-electron chi connectivity index (χ1n) is 5.74. The van der Waals surface area contributed by atoms with E-state index in [2.05, 4.69) is 16.6 Å². The number of rotatable bonds is 3. The lowest BCUT2D eigenvalue weighted by Gasteiger charge is -2.13. The van der Waals surface area contributed by atoms with Crippen molar-refractivity contribution in [3.63, 3.8) is 0 Å². The number of thioether (sulfide) groups is 1. The summed E-state index contributed by atoms with van der Waals surface area (Å²) in [5.74, 6) is -0.0864. The first-order valence-corrected chi connectivity index (χ1v) is 7.02. The molecule has 0 spiro atoms. The van der Waals surface area contributed by atoms with E-state index in [-0.39, 0.29) is 11.9 Å². The third-order valence-corrected chi connectivity index (χ3v) is 4.24. The summed E-state index contributed by atoms with van der Waals surface area (Å²) in [6.07, 6.45) is 8.51. The van der Waals surface area contributed by atoms with Crippen LogP contribution in [0.25, 0.3) is 0 Å². The minimum Gasteiger partial charge on any atom is -0.397 e. The number of carbonyl (C=O) groups excluding carboxylic acids is 1. The Bertz CT molecular complexity index is 410. The van der Waals surface area contributed by atoms with Crippen molar-refractivity contribution in [2.45, 2.75) is 30.6 Å². The molecule has 2 atom stereocenters. The molecule has 0 aliphatic heterocycles. The number of nitrogen functional groups attached to an aromatic ring is 1. The van der Waals surface area contributed by atoms with Crippen LogP contribution in [0, 0.1) is 0 Å². The molecule has 1 aromatic heterocycles. The maximum absolute atomic E-state index is 12.0. The number of hydrogen-bond donors (Lipinski definition) is 2. The molecule has 1 aliphatic carbocycles. The van der Waals surface area contributed by atoms with Gasteiger partial charge in [0.2, 0.25) is 0 Å². The van der Waals surface area contributed by atoms with Gasteiger partial charge < -0.3 is 11.1 Å². The van der Waals surface area contributed by atoms with Crippen molar-refractivity contribution in [3.8, 4) is 0 Å². The monoisotopic (exact) mass is 251 g/mol. The second-order valence-electron chi connectivity index (χ2n) is 4.30. The number of aromatic nitrogens is 1. The summed E-state index contributed by atoms with van der Waals surface area (Å²) in [5, 5.41) is 3.72. The minimum atomic E-state index is -0.0864. The first kappa shape index (κ1) is 12.2. The van der Waals surface area contributed by atoms with E-state index in [9.17, 15) is 4.79 Å². The summed E-state index contributed by atoms with van der Waals surface area (Å²) < 4.78 is 0. The lowest BCUT2D eigenvalue weighted by atomic mass is 10.2. The van der Waals surface area contributed by atoms with Gasteiger partial charge in [-0.3, -0.25) is 9.78 Å². The number of hydrogen-bond acceptors (Lipinski definition) is 4. The number of pyridine rings is 1. The van der Waals surface area contributed by atoms with Crippen molar-refractivity contribution in [2.24, 2.45) is 0 Å². The highest BCUT2D eigenvalue weighted by Crippen LogP contribution is 2.28. The van der Waals surface area contributed by atoms with E-state index < -0.39 is 0 Å². The molecule has 2 unspecified atom stereocenters. The molecule has 1 aliphatic rings. The Morgan fingerprint density at radius 1 is 1.59 bits per heavy atom. The zero-order valence-corrected chi connectivity index (χ0v) is 10.7. The lowest BCUT2D eigenvalue weighted by molar-refractivity contribution is 0.0939. The van der Waals surface area contributed by atoms with Crippen LogP contribution in [0.15, 0.2) is 18.5 Å². The van der Waals surface area contributed by atoms with Crippen LogP contribution in [0.1, 0.15) is 29.6 Å². The van der Waals surface area contributed by atoms with Crippen LogP contribution in [-0.2, 0) is 0 Å². The molecule has 3 N–H and O–H groups in total. The third kappa shape index (κ3) is 2.91. The van der Waals surface area contributed by atoms with E-state index in [1.807, 2.05) is 11.8 Å². The summed E-state index contributed by atoms with van der Waals surface area (Å²) in [4.78, 5) is 15.9. The van der Waals surface area contributed by atoms with Crippen LogP contribution in [0.2, 0.25) is 0 Å². The van der Waals surface area contributed by atoms with Gasteiger partial charge in [-0.1, -0.05) is 0 Å². The van der Waals surface area contributed by atoms with Crippen molar-refractivity contribution < 1.29 is 4.79 Å². The largest absolute Gasteiger partial charge is 0.397 e. The summed E-state index contributed by atoms with van der Waals surface area (Å²) in [5.41, 5.74) is 6.68. The molecular formula is C12H17N3OS. The Hall–Kier alpha value is -1.23. The van der Waals surface area contributed by atoms with Crippen LogP contribution >= 0.6 is 11.8 Å². The summed E-state index contributed by atoms with van der Waals surface area (Å²) in [6.45, 7) is 0. The minimum absolute atomic E-state index is 0.0864. The molecule has 2 rings (SSSR count). The molecule has 5 heteroatoms. The smallest absolute Gasteiger partial charge is 0.253 e. The summed E-state index contributed by atoms with van der Waals surface area (Å²) in [6, 6.07) is 1.94. The van der Waals surface area contributed by atoms with Crippen LogP contribution in [0.5, 0.6) is 0 Å². The Kier molecular flexibility index (Phi) is 3.89. The fourth-order valence-electron chi connectivity index (χ4n) is 2.16. The van der Waals surface area contributed by atoms with Gasteiger partial charge in [-0.2, -0.15) is 11.8 Å². The van der Waals surface area contributed by atoms with Gasteiger partial charge in [-0.05, 0) is 31.6 Å². The molecule has 1 heterocycles. The van der Waals surface area contributed by atoms with Gasteiger partial charge in [0.05, 0.1) is 17.4 Å². The zero-order valence-electron chi connectivity index (χ0n) is 9.85. The highest BCUT2D eigenvalue weighted by Gasteiger charge is 2.25. The van der Waals surface area contributed by atoms with Crippen LogP contribution < -0.4 is 11.1 Å². The molecule has 1 aromatic rings. The molecule has 1 fully saturated rings. The molecule has 4 nitrogen and oxygen atoms in total. The van der Waals surface area contributed by atoms with Crippen molar-refractivity contribution >= 4 is 23.4 Å². The van der Waals surface area contributed by atoms with Crippen LogP contribution in [0.4, 0.5) is 5.69 Å². The highest BCUT2D eigenvalue weighted by atomic mass is 32.2. The molecular weight excluding hydrogens is 234 g/mol. The Morgan fingerprint density at radius 2 is 2.41 bits per heavy atom. The van der Waals surface area contributed by atoms with E-state index in [1.54, 1.807) is 12.3 Å². The van der Waals surface area contributed by atoms with Gasteiger partial charge in [0.25, 0.3) is 5.91 Å². The zero-order chi connectivity index (χ0) is 12.3. The Balaban J connectivity index is 1.96. The van der Waals surface area contributed by atoms with E-state index in [0.717, 1.165) is 12.8 Å². The molecule has 0 radical (unpaired) electrons. The molecule has 92 valence electrons. The lowest BCUT2D eigenvalue weighted by Crippen LogP contribution is -2.33. The topological polar surface area (TPSA) is 68.0 Å². The van der Waals surface area contributed by atoms with Crippen molar-refractivity contribution in [1.29, 1.82) is 0 Å². The fraction of sp³-hybridized carbons (Fsp3) is 0.500. The number of anilines is 1. The van der Waals surface area contributed by atoms with E-state index in [4.69, 9.17) is 5.73 Å². The first-order chi connectivity index (χ1) is 8.20. The van der Waals surface area contributed by atoms with Gasteiger partial charge in [0.15, 0.2) is 0 Å². The second kappa shape index (κ2) is 5.40.